The minimum Gasteiger partial charge on any atom is -0.480 e. The predicted octanol–water partition coefficient (Wildman–Crippen LogP) is 2.93. The van der Waals surface area contributed by atoms with Gasteiger partial charge in [0.1, 0.15) is 5.54 Å². The Morgan fingerprint density at radius 2 is 2.16 bits per heavy atom. The highest BCUT2D eigenvalue weighted by Gasteiger charge is 2.37. The monoisotopic (exact) mass is 282 g/mol. The van der Waals surface area contributed by atoms with Crippen LogP contribution in [0, 0.1) is 0 Å². The number of nitrogens with zero attached hydrogens (tertiary/aromatic N) is 3. The van der Waals surface area contributed by atoms with Gasteiger partial charge in [0, 0.05) is 23.0 Å². The molecule has 0 aromatic heterocycles. The van der Waals surface area contributed by atoms with Gasteiger partial charge < -0.3 is 5.11 Å². The third-order valence-corrected chi connectivity index (χ3v) is 3.19. The summed E-state index contributed by atoms with van der Waals surface area (Å²) in [5, 5.41) is 16.4. The van der Waals surface area contributed by atoms with Crippen molar-refractivity contribution in [1.29, 1.82) is 0 Å². The molecule has 0 fully saturated rings. The second-order valence-electron chi connectivity index (χ2n) is 3.95. The molecule has 0 heterocycles. The van der Waals surface area contributed by atoms with E-state index >= 15 is 0 Å². The van der Waals surface area contributed by atoms with Gasteiger partial charge in [0.25, 0.3) is 0 Å². The lowest BCUT2D eigenvalue weighted by Crippen LogP contribution is -2.49. The van der Waals surface area contributed by atoms with Crippen molar-refractivity contribution in [2.45, 2.75) is 18.9 Å². The van der Waals surface area contributed by atoms with Crippen LogP contribution in [0.2, 0.25) is 5.02 Å². The zero-order chi connectivity index (χ0) is 14.3. The third kappa shape index (κ3) is 3.61. The first-order valence-corrected chi connectivity index (χ1v) is 6.20. The fourth-order valence-electron chi connectivity index (χ4n) is 1.88. The van der Waals surface area contributed by atoms with E-state index in [0.717, 1.165) is 0 Å². The molecule has 1 atom stereocenters. The fourth-order valence-corrected chi connectivity index (χ4v) is 2.01. The zero-order valence-electron chi connectivity index (χ0n) is 10.5. The number of benzene rings is 1. The zero-order valence-corrected chi connectivity index (χ0v) is 11.3. The van der Waals surface area contributed by atoms with Crippen LogP contribution in [0.25, 0.3) is 10.4 Å². The Bertz CT molecular complexity index is 485. The molecule has 0 aliphatic heterocycles. The van der Waals surface area contributed by atoms with Gasteiger partial charge in [-0.3, -0.25) is 5.32 Å². The van der Waals surface area contributed by atoms with Crippen LogP contribution in [-0.2, 0) is 10.3 Å². The molecular weight excluding hydrogens is 268 g/mol. The van der Waals surface area contributed by atoms with Crippen LogP contribution in [0.4, 0.5) is 0 Å². The van der Waals surface area contributed by atoms with E-state index in [2.05, 4.69) is 15.3 Å². The number of hydrogen-bond donors (Lipinski definition) is 2. The molecule has 7 heteroatoms. The highest BCUT2D eigenvalue weighted by Crippen LogP contribution is 2.26. The minimum absolute atomic E-state index is 0.194. The molecule has 102 valence electrons. The number of carboxylic acid groups (broad SMARTS) is 1. The molecule has 1 aromatic rings. The van der Waals surface area contributed by atoms with Crippen LogP contribution >= 0.6 is 11.6 Å². The first-order chi connectivity index (χ1) is 9.06. The summed E-state index contributed by atoms with van der Waals surface area (Å²) in [5.74, 6) is -0.974. The lowest BCUT2D eigenvalue weighted by molar-refractivity contribution is -0.145. The van der Waals surface area contributed by atoms with Crippen molar-refractivity contribution in [2.24, 2.45) is 5.11 Å². The third-order valence-electron chi connectivity index (χ3n) is 2.93. The Morgan fingerprint density at radius 1 is 1.53 bits per heavy atom. The second kappa shape index (κ2) is 6.99. The molecule has 1 rings (SSSR count). The molecule has 0 saturated heterocycles. The molecular formula is C12H15ClN4O2. The Hall–Kier alpha value is -1.75. The quantitative estimate of drug-likeness (QED) is 0.348. The smallest absolute Gasteiger partial charge is 0.328 e. The first kappa shape index (κ1) is 15.3. The topological polar surface area (TPSA) is 98.1 Å². The molecule has 1 aromatic carbocycles. The van der Waals surface area contributed by atoms with Crippen molar-refractivity contribution in [1.82, 2.24) is 5.32 Å². The van der Waals surface area contributed by atoms with Crippen LogP contribution < -0.4 is 5.32 Å². The van der Waals surface area contributed by atoms with E-state index < -0.39 is 11.5 Å². The van der Waals surface area contributed by atoms with Crippen molar-refractivity contribution in [3.05, 3.63) is 45.3 Å². The SMILES string of the molecule is CCC(NCCN=[N+]=[N-])(C(=O)O)c1ccc(Cl)cc1. The maximum absolute atomic E-state index is 11.6. The van der Waals surface area contributed by atoms with Gasteiger partial charge in [-0.2, -0.15) is 0 Å². The average Bonchev–Trinajstić information content (AvgIpc) is 2.40. The summed E-state index contributed by atoms with van der Waals surface area (Å²) in [6.45, 7) is 2.26. The molecule has 0 aliphatic rings. The number of carbonyl (C=O) groups is 1. The maximum Gasteiger partial charge on any atom is 0.328 e. The van der Waals surface area contributed by atoms with E-state index in [4.69, 9.17) is 17.1 Å². The average molecular weight is 283 g/mol. The summed E-state index contributed by atoms with van der Waals surface area (Å²) in [6.07, 6.45) is 0.361. The highest BCUT2D eigenvalue weighted by atomic mass is 35.5. The van der Waals surface area contributed by atoms with E-state index in [1.54, 1.807) is 31.2 Å². The maximum atomic E-state index is 11.6. The van der Waals surface area contributed by atoms with Gasteiger partial charge in [-0.1, -0.05) is 35.8 Å². The Kier molecular flexibility index (Phi) is 5.63. The number of hydrogen-bond acceptors (Lipinski definition) is 3. The number of nitrogens with one attached hydrogen (secondary N) is 1. The lowest BCUT2D eigenvalue weighted by atomic mass is 9.87. The number of rotatable bonds is 7. The summed E-state index contributed by atoms with van der Waals surface area (Å²) in [7, 11) is 0. The van der Waals surface area contributed by atoms with Crippen LogP contribution in [0.3, 0.4) is 0 Å². The number of halogens is 1. The van der Waals surface area contributed by atoms with Crippen molar-refractivity contribution >= 4 is 17.6 Å². The van der Waals surface area contributed by atoms with E-state index in [1.807, 2.05) is 0 Å². The van der Waals surface area contributed by atoms with Gasteiger partial charge in [-0.05, 0) is 29.6 Å². The largest absolute Gasteiger partial charge is 0.480 e. The van der Waals surface area contributed by atoms with E-state index in [1.165, 1.54) is 0 Å². The van der Waals surface area contributed by atoms with Crippen molar-refractivity contribution in [2.75, 3.05) is 13.1 Å². The number of carboxylic acids is 1. The van der Waals surface area contributed by atoms with Gasteiger partial charge in [-0.25, -0.2) is 4.79 Å². The summed E-state index contributed by atoms with van der Waals surface area (Å²) in [6, 6.07) is 6.67. The number of azide groups is 1. The summed E-state index contributed by atoms with van der Waals surface area (Å²) in [5.41, 5.74) is 7.63. The van der Waals surface area contributed by atoms with Gasteiger partial charge in [-0.15, -0.1) is 0 Å². The van der Waals surface area contributed by atoms with Crippen LogP contribution in [0.1, 0.15) is 18.9 Å². The molecule has 0 radical (unpaired) electrons. The first-order valence-electron chi connectivity index (χ1n) is 5.82. The summed E-state index contributed by atoms with van der Waals surface area (Å²) >= 11 is 5.81. The Labute approximate surface area is 116 Å². The van der Waals surface area contributed by atoms with E-state index in [-0.39, 0.29) is 13.1 Å². The molecule has 0 saturated carbocycles. The van der Waals surface area contributed by atoms with Crippen molar-refractivity contribution in [3.8, 4) is 0 Å². The highest BCUT2D eigenvalue weighted by molar-refractivity contribution is 6.30. The molecule has 0 bridgehead atoms. The fraction of sp³-hybridized carbons (Fsp3) is 0.417. The summed E-state index contributed by atoms with van der Waals surface area (Å²) in [4.78, 5) is 14.2. The minimum atomic E-state index is -1.20. The Morgan fingerprint density at radius 3 is 2.63 bits per heavy atom. The second-order valence-corrected chi connectivity index (χ2v) is 4.39. The molecule has 0 spiro atoms. The number of aliphatic carboxylic acids is 1. The van der Waals surface area contributed by atoms with Crippen molar-refractivity contribution in [3.63, 3.8) is 0 Å². The van der Waals surface area contributed by atoms with Gasteiger partial charge in [0.2, 0.25) is 0 Å². The van der Waals surface area contributed by atoms with Crippen molar-refractivity contribution < 1.29 is 9.90 Å². The lowest BCUT2D eigenvalue weighted by Gasteiger charge is -2.30. The van der Waals surface area contributed by atoms with Gasteiger partial charge >= 0.3 is 5.97 Å². The molecule has 1 unspecified atom stereocenters. The predicted molar refractivity (Wildman–Crippen MR) is 73.1 cm³/mol. The molecule has 0 amide bonds. The molecule has 6 nitrogen and oxygen atoms in total. The van der Waals surface area contributed by atoms with Gasteiger partial charge in [0.15, 0.2) is 0 Å². The van der Waals surface area contributed by atoms with Crippen LogP contribution in [0.15, 0.2) is 29.4 Å². The van der Waals surface area contributed by atoms with E-state index in [9.17, 15) is 9.90 Å². The molecule has 19 heavy (non-hydrogen) atoms. The normalized spacial score (nSPS) is 13.4. The Balaban J connectivity index is 3.01. The molecule has 0 aliphatic carbocycles. The standard InChI is InChI=1S/C12H15ClN4O2/c1-2-12(11(18)19,15-7-8-16-17-14)9-3-5-10(13)6-4-9/h3-6,15H,2,7-8H2,1H3,(H,18,19). The van der Waals surface area contributed by atoms with Crippen LogP contribution in [0.5, 0.6) is 0 Å². The molecule has 2 N–H and O–H groups in total. The van der Waals surface area contributed by atoms with E-state index in [0.29, 0.717) is 17.0 Å². The van der Waals surface area contributed by atoms with Crippen LogP contribution in [-0.4, -0.2) is 24.2 Å². The van der Waals surface area contributed by atoms with Gasteiger partial charge in [0.05, 0.1) is 0 Å². The summed E-state index contributed by atoms with van der Waals surface area (Å²) < 4.78 is 0.